The molecular formula is C33H38ClFN6O2. The zero-order valence-electron chi connectivity index (χ0n) is 25.7. The molecule has 226 valence electrons. The van der Waals surface area contributed by atoms with Crippen LogP contribution in [0, 0.1) is 5.82 Å². The second-order valence-electron chi connectivity index (χ2n) is 13.4. The van der Waals surface area contributed by atoms with E-state index in [1.807, 2.05) is 47.7 Å². The summed E-state index contributed by atoms with van der Waals surface area (Å²) in [5.74, 6) is -0.324. The van der Waals surface area contributed by atoms with E-state index in [1.165, 1.54) is 6.07 Å². The van der Waals surface area contributed by atoms with Crippen LogP contribution < -0.4 is 10.6 Å². The molecule has 0 saturated carbocycles. The van der Waals surface area contributed by atoms with Crippen LogP contribution in [-0.2, 0) is 15.7 Å². The van der Waals surface area contributed by atoms with Crippen LogP contribution in [0.15, 0.2) is 54.9 Å². The maximum absolute atomic E-state index is 14.4. The molecule has 2 N–H and O–H groups in total. The highest BCUT2D eigenvalue weighted by Crippen LogP contribution is 2.36. The van der Waals surface area contributed by atoms with Crippen molar-refractivity contribution >= 4 is 40.3 Å². The predicted octanol–water partition coefficient (Wildman–Crippen LogP) is 6.15. The van der Waals surface area contributed by atoms with Gasteiger partial charge in [-0.1, -0.05) is 17.7 Å². The summed E-state index contributed by atoms with van der Waals surface area (Å²) >= 11 is 5.94. The highest BCUT2D eigenvalue weighted by molar-refractivity contribution is 6.30. The maximum Gasteiger partial charge on any atom is 0.273 e. The van der Waals surface area contributed by atoms with E-state index in [2.05, 4.69) is 30.7 Å². The maximum atomic E-state index is 14.4. The van der Waals surface area contributed by atoms with E-state index in [0.29, 0.717) is 36.5 Å². The number of pyridine rings is 2. The van der Waals surface area contributed by atoms with Crippen LogP contribution >= 0.6 is 11.6 Å². The predicted molar refractivity (Wildman–Crippen MR) is 169 cm³/mol. The van der Waals surface area contributed by atoms with Gasteiger partial charge in [0.1, 0.15) is 23.0 Å². The molecule has 8 nitrogen and oxygen atoms in total. The van der Waals surface area contributed by atoms with Crippen LogP contribution in [0.4, 0.5) is 10.2 Å². The summed E-state index contributed by atoms with van der Waals surface area (Å²) in [5.41, 5.74) is 7.22. The third-order valence-corrected chi connectivity index (χ3v) is 8.68. The number of nitrogens with zero attached hydrogens (tertiary/aromatic N) is 5. The van der Waals surface area contributed by atoms with Crippen molar-refractivity contribution in [3.63, 3.8) is 0 Å². The summed E-state index contributed by atoms with van der Waals surface area (Å²) in [5, 5.41) is 0.886. The zero-order valence-corrected chi connectivity index (χ0v) is 26.5. The monoisotopic (exact) mass is 604 g/mol. The van der Waals surface area contributed by atoms with E-state index >= 15 is 0 Å². The Kier molecular flexibility index (Phi) is 7.53. The van der Waals surface area contributed by atoms with Crippen molar-refractivity contribution in [3.8, 4) is 11.1 Å². The number of hydrogen-bond acceptors (Lipinski definition) is 5. The quantitative estimate of drug-likeness (QED) is 0.295. The second-order valence-corrected chi connectivity index (χ2v) is 13.8. The van der Waals surface area contributed by atoms with Gasteiger partial charge in [-0.05, 0) is 96.0 Å². The van der Waals surface area contributed by atoms with Crippen molar-refractivity contribution in [1.82, 2.24) is 19.4 Å². The van der Waals surface area contributed by atoms with Gasteiger partial charge < -0.3 is 20.1 Å². The summed E-state index contributed by atoms with van der Waals surface area (Å²) in [7, 11) is 0. The minimum atomic E-state index is -0.832. The Bertz CT molecular complexity index is 1740. The van der Waals surface area contributed by atoms with Gasteiger partial charge in [-0.3, -0.25) is 9.59 Å². The van der Waals surface area contributed by atoms with E-state index in [1.54, 1.807) is 38.2 Å². The summed E-state index contributed by atoms with van der Waals surface area (Å²) in [6, 6.07) is 12.1. The standard InChI is InChI=1S/C33H38ClFN6O2/c1-31(2,3)41-18-23(20-8-10-24(34)25(35)16-20)22-9-11-26(38-28(22)41)29(42)40-15-14-39(19-32(40,4)5)27-17-21(12-13-37-27)33(6,7)30(36)43/h8-13,16-18H,14-15,19H2,1-7H3,(H2,36,43). The molecule has 1 aromatic carbocycles. The Morgan fingerprint density at radius 1 is 1.02 bits per heavy atom. The van der Waals surface area contributed by atoms with Gasteiger partial charge in [0.15, 0.2) is 0 Å². The lowest BCUT2D eigenvalue weighted by Gasteiger charge is -2.47. The van der Waals surface area contributed by atoms with Crippen molar-refractivity contribution in [2.75, 3.05) is 24.5 Å². The number of anilines is 1. The molecule has 10 heteroatoms. The van der Waals surface area contributed by atoms with Gasteiger partial charge in [-0.15, -0.1) is 0 Å². The van der Waals surface area contributed by atoms with Crippen LogP contribution in [0.5, 0.6) is 0 Å². The Hall–Kier alpha value is -3.98. The van der Waals surface area contributed by atoms with E-state index < -0.39 is 22.7 Å². The van der Waals surface area contributed by atoms with E-state index in [0.717, 1.165) is 22.3 Å². The van der Waals surface area contributed by atoms with Crippen LogP contribution in [0.2, 0.25) is 5.02 Å². The Morgan fingerprint density at radius 3 is 2.37 bits per heavy atom. The Labute approximate surface area is 256 Å². The van der Waals surface area contributed by atoms with Crippen molar-refractivity contribution in [2.45, 2.75) is 65.0 Å². The smallest absolute Gasteiger partial charge is 0.273 e. The van der Waals surface area contributed by atoms with Gasteiger partial charge in [-0.2, -0.15) is 0 Å². The number of hydrogen-bond donors (Lipinski definition) is 1. The first-order valence-corrected chi connectivity index (χ1v) is 14.7. The molecule has 1 aliphatic rings. The van der Waals surface area contributed by atoms with Crippen LogP contribution in [-0.4, -0.2) is 56.4 Å². The number of halogens is 2. The molecule has 0 bridgehead atoms. The highest BCUT2D eigenvalue weighted by Gasteiger charge is 2.39. The fourth-order valence-electron chi connectivity index (χ4n) is 5.61. The Morgan fingerprint density at radius 2 is 1.74 bits per heavy atom. The first-order valence-electron chi connectivity index (χ1n) is 14.3. The molecule has 0 radical (unpaired) electrons. The minimum absolute atomic E-state index is 0.0648. The minimum Gasteiger partial charge on any atom is -0.369 e. The van der Waals surface area contributed by atoms with Gasteiger partial charge >= 0.3 is 0 Å². The molecule has 4 heterocycles. The first-order chi connectivity index (χ1) is 20.0. The molecule has 1 saturated heterocycles. The third-order valence-electron chi connectivity index (χ3n) is 8.38. The number of carbonyl (C=O) groups is 2. The average Bonchev–Trinajstić information content (AvgIpc) is 3.33. The van der Waals surface area contributed by atoms with Crippen LogP contribution in [0.3, 0.4) is 0 Å². The molecule has 5 rings (SSSR count). The third kappa shape index (κ3) is 5.58. The summed E-state index contributed by atoms with van der Waals surface area (Å²) in [6.07, 6.45) is 3.65. The molecule has 1 aliphatic heterocycles. The second kappa shape index (κ2) is 10.6. The van der Waals surface area contributed by atoms with Crippen molar-refractivity contribution in [3.05, 3.63) is 77.0 Å². The Balaban J connectivity index is 1.46. The van der Waals surface area contributed by atoms with Gasteiger partial charge in [0.25, 0.3) is 5.91 Å². The number of piperazine rings is 1. The van der Waals surface area contributed by atoms with Gasteiger partial charge in [-0.25, -0.2) is 14.4 Å². The van der Waals surface area contributed by atoms with Crippen LogP contribution in [0.1, 0.15) is 64.5 Å². The lowest BCUT2D eigenvalue weighted by Crippen LogP contribution is -2.61. The van der Waals surface area contributed by atoms with E-state index in [4.69, 9.17) is 22.3 Å². The number of amides is 2. The number of aromatic nitrogens is 3. The number of nitrogens with two attached hydrogens (primary N) is 1. The average molecular weight is 605 g/mol. The number of benzene rings is 1. The van der Waals surface area contributed by atoms with Gasteiger partial charge in [0, 0.05) is 48.5 Å². The van der Waals surface area contributed by atoms with Gasteiger partial charge in [0.2, 0.25) is 5.91 Å². The van der Waals surface area contributed by atoms with Crippen LogP contribution in [0.25, 0.3) is 22.2 Å². The number of fused-ring (bicyclic) bond motifs is 1. The lowest BCUT2D eigenvalue weighted by atomic mass is 9.84. The lowest BCUT2D eigenvalue weighted by molar-refractivity contribution is -0.122. The molecule has 3 aromatic heterocycles. The summed E-state index contributed by atoms with van der Waals surface area (Å²) in [4.78, 5) is 39.5. The van der Waals surface area contributed by atoms with E-state index in [9.17, 15) is 14.0 Å². The fraction of sp³-hybridized carbons (Fsp3) is 0.394. The van der Waals surface area contributed by atoms with Crippen molar-refractivity contribution in [2.24, 2.45) is 5.73 Å². The molecule has 0 unspecified atom stereocenters. The molecular weight excluding hydrogens is 567 g/mol. The fourth-order valence-corrected chi connectivity index (χ4v) is 5.73. The topological polar surface area (TPSA) is 97.4 Å². The van der Waals surface area contributed by atoms with E-state index in [-0.39, 0.29) is 16.5 Å². The number of primary amides is 1. The summed E-state index contributed by atoms with van der Waals surface area (Å²) in [6.45, 7) is 15.4. The highest BCUT2D eigenvalue weighted by atomic mass is 35.5. The molecule has 0 spiro atoms. The molecule has 1 fully saturated rings. The first kappa shape index (κ1) is 30.5. The largest absolute Gasteiger partial charge is 0.369 e. The molecule has 43 heavy (non-hydrogen) atoms. The number of rotatable bonds is 5. The SMILES string of the molecule is CC(C)(C(N)=O)c1ccnc(N2CCN(C(=O)c3ccc4c(-c5ccc(Cl)c(F)c5)cn(C(C)(C)C)c4n3)C(C)(C)C2)c1. The zero-order chi connectivity index (χ0) is 31.5. The number of carbonyl (C=O) groups excluding carboxylic acids is 2. The molecule has 4 aromatic rings. The van der Waals surface area contributed by atoms with Crippen molar-refractivity contribution in [1.29, 1.82) is 0 Å². The molecule has 0 atom stereocenters. The summed E-state index contributed by atoms with van der Waals surface area (Å²) < 4.78 is 16.4. The normalized spacial score (nSPS) is 15.7. The van der Waals surface area contributed by atoms with Crippen molar-refractivity contribution < 1.29 is 14.0 Å². The molecule has 2 amide bonds. The molecule has 0 aliphatic carbocycles. The van der Waals surface area contributed by atoms with Gasteiger partial charge in [0.05, 0.1) is 16.0 Å².